The fourth-order valence-electron chi connectivity index (χ4n) is 2.18. The van der Waals surface area contributed by atoms with Crippen molar-refractivity contribution in [3.05, 3.63) is 0 Å². The van der Waals surface area contributed by atoms with E-state index < -0.39 is 30.4 Å². The Bertz CT molecular complexity index is 338. The fraction of sp³-hybridized carbons (Fsp3) is 0.818. The van der Waals surface area contributed by atoms with E-state index in [4.69, 9.17) is 0 Å². The Hall–Kier alpha value is -1.40. The molecular formula is C11H18F2N2O3. The van der Waals surface area contributed by atoms with Crippen LogP contribution in [0.1, 0.15) is 19.8 Å². The molecule has 0 spiro atoms. The molecule has 5 nitrogen and oxygen atoms in total. The Kier molecular flexibility index (Phi) is 4.48. The summed E-state index contributed by atoms with van der Waals surface area (Å²) in [6.45, 7) is 1.50. The number of alkyl halides is 2. The molecule has 1 rings (SSSR count). The molecule has 18 heavy (non-hydrogen) atoms. The van der Waals surface area contributed by atoms with E-state index >= 15 is 0 Å². The van der Waals surface area contributed by atoms with Crippen LogP contribution in [0.3, 0.4) is 0 Å². The van der Waals surface area contributed by atoms with E-state index in [1.54, 1.807) is 6.92 Å². The van der Waals surface area contributed by atoms with Crippen LogP contribution in [0.2, 0.25) is 0 Å². The van der Waals surface area contributed by atoms with Crippen LogP contribution in [0.15, 0.2) is 0 Å². The summed E-state index contributed by atoms with van der Waals surface area (Å²) in [5.41, 5.74) is -0.929. The molecule has 1 aliphatic rings. The van der Waals surface area contributed by atoms with Crippen LogP contribution in [0, 0.1) is 5.41 Å². The average Bonchev–Trinajstić information content (AvgIpc) is 2.72. The smallest absolute Gasteiger partial charge is 0.319 e. The molecule has 7 heteroatoms. The highest BCUT2D eigenvalue weighted by Crippen LogP contribution is 2.34. The van der Waals surface area contributed by atoms with E-state index in [9.17, 15) is 23.5 Å². The molecule has 1 aliphatic heterocycles. The lowest BCUT2D eigenvalue weighted by Crippen LogP contribution is -2.43. The number of likely N-dealkylation sites (tertiary alicyclic amines) is 1. The molecule has 2 amide bonds. The molecule has 1 unspecified atom stereocenters. The molecule has 0 aliphatic carbocycles. The number of hydrogen-bond donors (Lipinski definition) is 1. The van der Waals surface area contributed by atoms with E-state index in [-0.39, 0.29) is 6.54 Å². The molecule has 1 saturated heterocycles. The third-order valence-corrected chi connectivity index (χ3v) is 3.49. The lowest BCUT2D eigenvalue weighted by Gasteiger charge is -2.26. The summed E-state index contributed by atoms with van der Waals surface area (Å²) >= 11 is 0. The average molecular weight is 264 g/mol. The highest BCUT2D eigenvalue weighted by Gasteiger charge is 2.45. The van der Waals surface area contributed by atoms with Gasteiger partial charge >= 0.3 is 12.0 Å². The van der Waals surface area contributed by atoms with Gasteiger partial charge in [0.25, 0.3) is 6.43 Å². The quantitative estimate of drug-likeness (QED) is 0.836. The number of rotatable bonds is 4. The minimum absolute atomic E-state index is 0.0885. The molecular weight excluding hydrogens is 246 g/mol. The van der Waals surface area contributed by atoms with Crippen LogP contribution in [-0.4, -0.2) is 60.0 Å². The number of aliphatic carboxylic acids is 1. The van der Waals surface area contributed by atoms with Crippen LogP contribution in [0.4, 0.5) is 13.6 Å². The van der Waals surface area contributed by atoms with Gasteiger partial charge in [-0.2, -0.15) is 0 Å². The van der Waals surface area contributed by atoms with E-state index in [1.165, 1.54) is 11.9 Å². The lowest BCUT2D eigenvalue weighted by molar-refractivity contribution is -0.148. The first-order chi connectivity index (χ1) is 8.32. The van der Waals surface area contributed by atoms with Crippen LogP contribution in [0.5, 0.6) is 0 Å². The van der Waals surface area contributed by atoms with Crippen LogP contribution >= 0.6 is 0 Å². The van der Waals surface area contributed by atoms with Crippen molar-refractivity contribution in [3.8, 4) is 0 Å². The van der Waals surface area contributed by atoms with Crippen LogP contribution < -0.4 is 0 Å². The zero-order valence-electron chi connectivity index (χ0n) is 10.5. The highest BCUT2D eigenvalue weighted by molar-refractivity contribution is 5.79. The zero-order chi connectivity index (χ0) is 13.9. The van der Waals surface area contributed by atoms with Gasteiger partial charge in [0.15, 0.2) is 0 Å². The van der Waals surface area contributed by atoms with Crippen molar-refractivity contribution in [2.45, 2.75) is 26.2 Å². The van der Waals surface area contributed by atoms with Gasteiger partial charge in [0.05, 0.1) is 12.0 Å². The van der Waals surface area contributed by atoms with Crippen molar-refractivity contribution < 1.29 is 23.5 Å². The van der Waals surface area contributed by atoms with Crippen LogP contribution in [-0.2, 0) is 4.79 Å². The highest BCUT2D eigenvalue weighted by atomic mass is 19.3. The van der Waals surface area contributed by atoms with Crippen molar-refractivity contribution in [1.29, 1.82) is 0 Å². The van der Waals surface area contributed by atoms with Gasteiger partial charge in [0.2, 0.25) is 0 Å². The summed E-state index contributed by atoms with van der Waals surface area (Å²) < 4.78 is 24.3. The molecule has 0 aromatic rings. The van der Waals surface area contributed by atoms with Crippen molar-refractivity contribution in [2.75, 3.05) is 26.7 Å². The van der Waals surface area contributed by atoms with E-state index in [1.807, 2.05) is 0 Å². The monoisotopic (exact) mass is 264 g/mol. The Morgan fingerprint density at radius 2 is 2.11 bits per heavy atom. The summed E-state index contributed by atoms with van der Waals surface area (Å²) in [5, 5.41) is 9.18. The van der Waals surface area contributed by atoms with Crippen molar-refractivity contribution in [1.82, 2.24) is 9.80 Å². The number of carbonyl (C=O) groups excluding carboxylic acids is 1. The number of urea groups is 1. The molecule has 1 fully saturated rings. The minimum Gasteiger partial charge on any atom is -0.481 e. The third kappa shape index (κ3) is 2.88. The first kappa shape index (κ1) is 14.7. The summed E-state index contributed by atoms with van der Waals surface area (Å²) in [5.74, 6) is -0.934. The maximum absolute atomic E-state index is 12.2. The summed E-state index contributed by atoms with van der Waals surface area (Å²) in [6.07, 6.45) is -1.80. The number of amides is 2. The van der Waals surface area contributed by atoms with Gasteiger partial charge in [-0.3, -0.25) is 4.79 Å². The van der Waals surface area contributed by atoms with Crippen LogP contribution in [0.25, 0.3) is 0 Å². The largest absolute Gasteiger partial charge is 0.481 e. The number of halogens is 2. The number of carboxylic acids is 1. The molecule has 0 saturated carbocycles. The lowest BCUT2D eigenvalue weighted by atomic mass is 9.84. The summed E-state index contributed by atoms with van der Waals surface area (Å²) in [7, 11) is 1.29. The SMILES string of the molecule is CCC1(C(=O)O)CCN(C(=O)N(C)CC(F)F)C1. The second-order valence-corrected chi connectivity index (χ2v) is 4.66. The van der Waals surface area contributed by atoms with Gasteiger partial charge in [0, 0.05) is 20.1 Å². The molecule has 1 N–H and O–H groups in total. The van der Waals surface area contributed by atoms with E-state index in [2.05, 4.69) is 0 Å². The zero-order valence-corrected chi connectivity index (χ0v) is 10.5. The molecule has 0 bridgehead atoms. The first-order valence-corrected chi connectivity index (χ1v) is 5.84. The molecule has 0 aromatic heterocycles. The van der Waals surface area contributed by atoms with Gasteiger partial charge in [-0.1, -0.05) is 6.92 Å². The maximum Gasteiger partial charge on any atom is 0.319 e. The molecule has 1 atom stereocenters. The van der Waals surface area contributed by atoms with E-state index in [0.717, 1.165) is 4.90 Å². The second kappa shape index (κ2) is 5.49. The van der Waals surface area contributed by atoms with Crippen molar-refractivity contribution in [2.24, 2.45) is 5.41 Å². The number of carbonyl (C=O) groups is 2. The Labute approximate surface area is 104 Å². The summed E-state index contributed by atoms with van der Waals surface area (Å²) in [4.78, 5) is 25.3. The number of hydrogen-bond acceptors (Lipinski definition) is 2. The maximum atomic E-state index is 12.2. The fourth-order valence-corrected chi connectivity index (χ4v) is 2.18. The van der Waals surface area contributed by atoms with Crippen molar-refractivity contribution in [3.63, 3.8) is 0 Å². The van der Waals surface area contributed by atoms with Gasteiger partial charge in [0.1, 0.15) is 0 Å². The molecule has 104 valence electrons. The Morgan fingerprint density at radius 1 is 1.50 bits per heavy atom. The molecule has 0 radical (unpaired) electrons. The number of carboxylic acid groups (broad SMARTS) is 1. The van der Waals surface area contributed by atoms with Crippen molar-refractivity contribution >= 4 is 12.0 Å². The van der Waals surface area contributed by atoms with E-state index in [0.29, 0.717) is 19.4 Å². The normalized spacial score (nSPS) is 23.5. The summed E-state index contributed by atoms with van der Waals surface area (Å²) in [6, 6.07) is -0.535. The van der Waals surface area contributed by atoms with Gasteiger partial charge < -0.3 is 14.9 Å². The second-order valence-electron chi connectivity index (χ2n) is 4.66. The minimum atomic E-state index is -2.59. The Morgan fingerprint density at radius 3 is 2.50 bits per heavy atom. The van der Waals surface area contributed by atoms with Gasteiger partial charge in [-0.05, 0) is 12.8 Å². The number of nitrogens with zero attached hydrogens (tertiary/aromatic N) is 2. The van der Waals surface area contributed by atoms with Gasteiger partial charge in [-0.25, -0.2) is 13.6 Å². The standard InChI is InChI=1S/C11H18F2N2O3/c1-3-11(9(16)17)4-5-15(7-11)10(18)14(2)6-8(12)13/h8H,3-7H2,1-2H3,(H,16,17). The predicted molar refractivity (Wildman–Crippen MR) is 60.6 cm³/mol. The predicted octanol–water partition coefficient (Wildman–Crippen LogP) is 1.49. The topological polar surface area (TPSA) is 60.9 Å². The van der Waals surface area contributed by atoms with Gasteiger partial charge in [-0.15, -0.1) is 0 Å². The molecule has 1 heterocycles. The Balaban J connectivity index is 2.66. The third-order valence-electron chi connectivity index (χ3n) is 3.49. The first-order valence-electron chi connectivity index (χ1n) is 5.84. The molecule has 0 aromatic carbocycles.